The van der Waals surface area contributed by atoms with Gasteiger partial charge in [0.2, 0.25) is 0 Å². The summed E-state index contributed by atoms with van der Waals surface area (Å²) in [6.07, 6.45) is 3.42. The van der Waals surface area contributed by atoms with Crippen LogP contribution in [0.4, 0.5) is 0 Å². The van der Waals surface area contributed by atoms with Crippen molar-refractivity contribution in [1.29, 1.82) is 0 Å². The number of hydrogen-bond donors (Lipinski definition) is 0. The number of hydrogen-bond acceptors (Lipinski definition) is 3. The van der Waals surface area contributed by atoms with E-state index in [9.17, 15) is 4.79 Å². The zero-order valence-electron chi connectivity index (χ0n) is 9.93. The van der Waals surface area contributed by atoms with Crippen LogP contribution in [0.3, 0.4) is 0 Å². The zero-order chi connectivity index (χ0) is 11.9. The molecule has 0 saturated carbocycles. The monoisotopic (exact) mass is 250 g/mol. The van der Waals surface area contributed by atoms with E-state index in [0.29, 0.717) is 12.5 Å². The average molecular weight is 250 g/mol. The molecular weight excluding hydrogens is 232 g/mol. The van der Waals surface area contributed by atoms with Crippen molar-refractivity contribution in [3.63, 3.8) is 0 Å². The first kappa shape index (κ1) is 12.7. The molecule has 1 fully saturated rings. The van der Waals surface area contributed by atoms with Crippen molar-refractivity contribution in [2.75, 3.05) is 18.1 Å². The van der Waals surface area contributed by atoms with Gasteiger partial charge in [0.1, 0.15) is 0 Å². The molecule has 92 valence electrons. The summed E-state index contributed by atoms with van der Waals surface area (Å²) in [5.74, 6) is 2.17. The molecule has 0 N–H and O–H groups in total. The highest BCUT2D eigenvalue weighted by Crippen LogP contribution is 2.18. The summed E-state index contributed by atoms with van der Waals surface area (Å²) in [4.78, 5) is 11.8. The molecule has 1 unspecified atom stereocenters. The molecule has 2 rings (SSSR count). The van der Waals surface area contributed by atoms with Gasteiger partial charge in [-0.05, 0) is 12.8 Å². The Bertz CT molecular complexity index is 344. The van der Waals surface area contributed by atoms with Crippen LogP contribution in [0.1, 0.15) is 29.6 Å². The van der Waals surface area contributed by atoms with Crippen LogP contribution in [0.25, 0.3) is 0 Å². The van der Waals surface area contributed by atoms with Crippen molar-refractivity contribution in [1.82, 2.24) is 0 Å². The van der Waals surface area contributed by atoms with Crippen molar-refractivity contribution in [3.05, 3.63) is 35.9 Å². The lowest BCUT2D eigenvalue weighted by Crippen LogP contribution is -2.09. The summed E-state index contributed by atoms with van der Waals surface area (Å²) in [6.45, 7) is 0.911. The van der Waals surface area contributed by atoms with Crippen LogP contribution in [-0.2, 0) is 4.74 Å². The predicted molar refractivity (Wildman–Crippen MR) is 71.7 cm³/mol. The highest BCUT2D eigenvalue weighted by atomic mass is 32.2. The van der Waals surface area contributed by atoms with Gasteiger partial charge in [0.25, 0.3) is 0 Å². The molecule has 0 spiro atoms. The smallest absolute Gasteiger partial charge is 0.163 e. The molecule has 1 aromatic rings. The molecule has 2 nitrogen and oxygen atoms in total. The maximum Gasteiger partial charge on any atom is 0.163 e. The molecule has 1 aliphatic heterocycles. The highest BCUT2D eigenvalue weighted by molar-refractivity contribution is 7.99. The van der Waals surface area contributed by atoms with Crippen LogP contribution in [0, 0.1) is 0 Å². The lowest BCUT2D eigenvalue weighted by Gasteiger charge is -2.08. The molecule has 1 heterocycles. The number of thioether (sulfide) groups is 1. The fraction of sp³-hybridized carbons (Fsp3) is 0.500. The second kappa shape index (κ2) is 6.82. The van der Waals surface area contributed by atoms with Gasteiger partial charge in [-0.3, -0.25) is 4.79 Å². The van der Waals surface area contributed by atoms with Gasteiger partial charge in [-0.25, -0.2) is 0 Å². The Morgan fingerprint density at radius 2 is 2.18 bits per heavy atom. The number of carbonyl (C=O) groups excluding carboxylic acids is 1. The summed E-state index contributed by atoms with van der Waals surface area (Å²) < 4.78 is 5.54. The normalized spacial score (nSPS) is 19.4. The number of Topliss-reactive ketones (excluding diaryl/α,β-unsaturated/α-hetero) is 1. The van der Waals surface area contributed by atoms with Crippen LogP contribution >= 0.6 is 11.8 Å². The van der Waals surface area contributed by atoms with Crippen molar-refractivity contribution in [2.24, 2.45) is 0 Å². The van der Waals surface area contributed by atoms with Crippen LogP contribution in [0.5, 0.6) is 0 Å². The SMILES string of the molecule is O=C(CCSCC1CCCO1)c1ccccc1. The molecule has 1 aromatic carbocycles. The van der Waals surface area contributed by atoms with E-state index in [0.717, 1.165) is 23.7 Å². The van der Waals surface area contributed by atoms with Gasteiger partial charge < -0.3 is 4.74 Å². The van der Waals surface area contributed by atoms with Crippen LogP contribution in [0.15, 0.2) is 30.3 Å². The van der Waals surface area contributed by atoms with Gasteiger partial charge in [-0.15, -0.1) is 0 Å². The lowest BCUT2D eigenvalue weighted by atomic mass is 10.1. The van der Waals surface area contributed by atoms with Crippen molar-refractivity contribution >= 4 is 17.5 Å². The average Bonchev–Trinajstić information content (AvgIpc) is 2.88. The first-order chi connectivity index (χ1) is 8.36. The molecule has 1 aliphatic rings. The van der Waals surface area contributed by atoms with E-state index in [2.05, 4.69) is 0 Å². The number of carbonyl (C=O) groups is 1. The standard InChI is InChI=1S/C14H18O2S/c15-14(12-5-2-1-3-6-12)8-10-17-11-13-7-4-9-16-13/h1-3,5-6,13H,4,7-11H2. The summed E-state index contributed by atoms with van der Waals surface area (Å²) >= 11 is 1.83. The van der Waals surface area contributed by atoms with E-state index >= 15 is 0 Å². The zero-order valence-corrected chi connectivity index (χ0v) is 10.7. The quantitative estimate of drug-likeness (QED) is 0.573. The second-order valence-electron chi connectivity index (χ2n) is 4.25. The van der Waals surface area contributed by atoms with Gasteiger partial charge in [-0.1, -0.05) is 30.3 Å². The van der Waals surface area contributed by atoms with Crippen molar-refractivity contribution in [3.8, 4) is 0 Å². The fourth-order valence-electron chi connectivity index (χ4n) is 1.92. The molecule has 0 aromatic heterocycles. The van der Waals surface area contributed by atoms with Crippen LogP contribution < -0.4 is 0 Å². The van der Waals surface area contributed by atoms with E-state index in [1.807, 2.05) is 42.1 Å². The molecule has 0 amide bonds. The van der Waals surface area contributed by atoms with E-state index in [-0.39, 0.29) is 5.78 Å². The predicted octanol–water partition coefficient (Wildman–Crippen LogP) is 3.17. The minimum Gasteiger partial charge on any atom is -0.377 e. The Labute approximate surface area is 107 Å². The first-order valence-electron chi connectivity index (χ1n) is 6.14. The molecule has 17 heavy (non-hydrogen) atoms. The summed E-state index contributed by atoms with van der Waals surface area (Å²) in [5.41, 5.74) is 0.824. The lowest BCUT2D eigenvalue weighted by molar-refractivity contribution is 0.0989. The largest absolute Gasteiger partial charge is 0.377 e. The Balaban J connectivity index is 1.63. The van der Waals surface area contributed by atoms with Gasteiger partial charge in [0.15, 0.2) is 5.78 Å². The Kier molecular flexibility index (Phi) is 5.08. The van der Waals surface area contributed by atoms with Gasteiger partial charge in [-0.2, -0.15) is 11.8 Å². The van der Waals surface area contributed by atoms with Crippen LogP contribution in [-0.4, -0.2) is 30.0 Å². The van der Waals surface area contributed by atoms with Gasteiger partial charge in [0.05, 0.1) is 6.10 Å². The molecule has 0 bridgehead atoms. The molecule has 1 saturated heterocycles. The molecule has 3 heteroatoms. The number of ketones is 1. The van der Waals surface area contributed by atoms with Crippen LogP contribution in [0.2, 0.25) is 0 Å². The minimum absolute atomic E-state index is 0.241. The molecular formula is C14H18O2S. The van der Waals surface area contributed by atoms with E-state index < -0.39 is 0 Å². The topological polar surface area (TPSA) is 26.3 Å². The van der Waals surface area contributed by atoms with E-state index in [1.165, 1.54) is 12.8 Å². The maximum atomic E-state index is 11.8. The Morgan fingerprint density at radius 3 is 2.88 bits per heavy atom. The third-order valence-electron chi connectivity index (χ3n) is 2.90. The highest BCUT2D eigenvalue weighted by Gasteiger charge is 2.15. The Morgan fingerprint density at radius 1 is 1.35 bits per heavy atom. The number of rotatable bonds is 6. The molecule has 0 radical (unpaired) electrons. The van der Waals surface area contributed by atoms with Gasteiger partial charge in [0, 0.05) is 30.1 Å². The van der Waals surface area contributed by atoms with E-state index in [1.54, 1.807) is 0 Å². The Hall–Kier alpha value is -0.800. The maximum absolute atomic E-state index is 11.8. The second-order valence-corrected chi connectivity index (χ2v) is 5.40. The fourth-order valence-corrected chi connectivity index (χ4v) is 2.95. The number of benzene rings is 1. The number of ether oxygens (including phenoxy) is 1. The molecule has 0 aliphatic carbocycles. The van der Waals surface area contributed by atoms with Crippen molar-refractivity contribution < 1.29 is 9.53 Å². The van der Waals surface area contributed by atoms with E-state index in [4.69, 9.17) is 4.74 Å². The first-order valence-corrected chi connectivity index (χ1v) is 7.29. The van der Waals surface area contributed by atoms with Gasteiger partial charge >= 0.3 is 0 Å². The molecule has 1 atom stereocenters. The minimum atomic E-state index is 0.241. The summed E-state index contributed by atoms with van der Waals surface area (Å²) in [6, 6.07) is 9.52. The third kappa shape index (κ3) is 4.17. The summed E-state index contributed by atoms with van der Waals surface area (Å²) in [7, 11) is 0. The third-order valence-corrected chi connectivity index (χ3v) is 4.00. The van der Waals surface area contributed by atoms with Crippen molar-refractivity contribution in [2.45, 2.75) is 25.4 Å². The summed E-state index contributed by atoms with van der Waals surface area (Å²) in [5, 5.41) is 0.